The number of rotatable bonds is 6. The zero-order valence-electron chi connectivity index (χ0n) is 17.5. The number of nitrogens with zero attached hydrogens (tertiary/aromatic N) is 2. The second-order valence-electron chi connectivity index (χ2n) is 7.97. The normalized spacial score (nSPS) is 21.5. The van der Waals surface area contributed by atoms with Crippen molar-refractivity contribution in [1.82, 2.24) is 9.21 Å². The van der Waals surface area contributed by atoms with Crippen molar-refractivity contribution in [3.8, 4) is 0 Å². The fraction of sp³-hybridized carbons (Fsp3) is 0.571. The molecule has 7 nitrogen and oxygen atoms in total. The highest BCUT2D eigenvalue weighted by molar-refractivity contribution is 7.92. The number of piperazine rings is 2. The van der Waals surface area contributed by atoms with Gasteiger partial charge in [-0.05, 0) is 25.5 Å². The monoisotopic (exact) mass is 422 g/mol. The zero-order chi connectivity index (χ0) is 20.9. The molecule has 1 aromatic carbocycles. The highest BCUT2D eigenvalue weighted by Crippen LogP contribution is 2.08. The largest absolute Gasteiger partial charge is 0.332 e. The minimum Gasteiger partial charge on any atom is -0.332 e. The molecule has 2 N–H and O–H groups in total. The smallest absolute Gasteiger partial charge is 0.280 e. The third-order valence-corrected chi connectivity index (χ3v) is 7.79. The molecule has 0 unspecified atom stereocenters. The highest BCUT2D eigenvalue weighted by Gasteiger charge is 2.35. The molecule has 2 heterocycles. The molecular formula is C21H34N4O3S+2. The summed E-state index contributed by atoms with van der Waals surface area (Å²) in [4.78, 5) is 17.6. The van der Waals surface area contributed by atoms with Crippen molar-refractivity contribution < 1.29 is 23.0 Å². The van der Waals surface area contributed by atoms with Gasteiger partial charge in [0.25, 0.3) is 5.91 Å². The van der Waals surface area contributed by atoms with E-state index in [0.717, 1.165) is 38.3 Å². The van der Waals surface area contributed by atoms with E-state index in [1.165, 1.54) is 14.6 Å². The lowest BCUT2D eigenvalue weighted by molar-refractivity contribution is -0.918. The quantitative estimate of drug-likeness (QED) is 0.576. The van der Waals surface area contributed by atoms with Crippen LogP contribution in [0.25, 0.3) is 6.08 Å². The number of sulfonamides is 1. The Morgan fingerprint density at radius 2 is 1.69 bits per heavy atom. The van der Waals surface area contributed by atoms with Crippen LogP contribution < -0.4 is 9.80 Å². The molecule has 0 aliphatic carbocycles. The van der Waals surface area contributed by atoms with E-state index in [4.69, 9.17) is 0 Å². The average molecular weight is 423 g/mol. The van der Waals surface area contributed by atoms with E-state index in [0.29, 0.717) is 26.2 Å². The van der Waals surface area contributed by atoms with Gasteiger partial charge in [0.05, 0.1) is 58.9 Å². The van der Waals surface area contributed by atoms with Gasteiger partial charge in [-0.25, -0.2) is 8.42 Å². The lowest BCUT2D eigenvalue weighted by atomic mass is 10.2. The maximum absolute atomic E-state index is 12.9. The molecule has 29 heavy (non-hydrogen) atoms. The second kappa shape index (κ2) is 9.84. The molecular weight excluding hydrogens is 388 g/mol. The summed E-state index contributed by atoms with van der Waals surface area (Å²) in [5.74, 6) is 0.204. The molecule has 8 heteroatoms. The predicted octanol–water partition coefficient (Wildman–Crippen LogP) is -1.68. The van der Waals surface area contributed by atoms with Crippen LogP contribution in [-0.2, 0) is 14.8 Å². The van der Waals surface area contributed by atoms with Crippen molar-refractivity contribution in [3.63, 3.8) is 0 Å². The Bertz CT molecular complexity index is 796. The Morgan fingerprint density at radius 1 is 1.07 bits per heavy atom. The Labute approximate surface area is 174 Å². The zero-order valence-corrected chi connectivity index (χ0v) is 18.3. The van der Waals surface area contributed by atoms with E-state index in [2.05, 4.69) is 6.92 Å². The lowest BCUT2D eigenvalue weighted by Gasteiger charge is -2.37. The number of benzene rings is 1. The lowest BCUT2D eigenvalue weighted by Crippen LogP contribution is -3.19. The number of quaternary nitrogens is 2. The van der Waals surface area contributed by atoms with Crippen LogP contribution >= 0.6 is 0 Å². The second-order valence-corrected chi connectivity index (χ2v) is 9.78. The first kappa shape index (κ1) is 22.0. The topological polar surface area (TPSA) is 66.6 Å². The number of carbonyl (C=O) groups excluding carboxylic acids is 1. The van der Waals surface area contributed by atoms with E-state index in [-0.39, 0.29) is 11.9 Å². The molecule has 160 valence electrons. The van der Waals surface area contributed by atoms with E-state index < -0.39 is 10.0 Å². The fourth-order valence-corrected chi connectivity index (χ4v) is 5.31. The molecule has 1 aromatic rings. The van der Waals surface area contributed by atoms with Crippen molar-refractivity contribution in [2.75, 3.05) is 58.9 Å². The van der Waals surface area contributed by atoms with Crippen LogP contribution in [0.15, 0.2) is 35.7 Å². The molecule has 0 radical (unpaired) electrons. The molecule has 3 rings (SSSR count). The van der Waals surface area contributed by atoms with Crippen LogP contribution in [-0.4, -0.2) is 88.5 Å². The van der Waals surface area contributed by atoms with Crippen LogP contribution in [0.5, 0.6) is 0 Å². The summed E-state index contributed by atoms with van der Waals surface area (Å²) >= 11 is 0. The standard InChI is InChI=1S/C21H32N4O3S/c1-3-22-10-12-24(13-11-22)21(26)19(2)23-14-16-25(17-15-23)29(27,28)18-9-20-7-5-4-6-8-20/h4-9,18-19H,3,10-17H2,1-2H3/p+2/b18-9+/t19-/m0/s1. The number of amides is 1. The Hall–Kier alpha value is -1.74. The van der Waals surface area contributed by atoms with Gasteiger partial charge >= 0.3 is 0 Å². The molecule has 1 amide bonds. The Balaban J connectivity index is 1.51. The first-order valence-electron chi connectivity index (χ1n) is 10.6. The van der Waals surface area contributed by atoms with Gasteiger partial charge in [-0.1, -0.05) is 30.3 Å². The van der Waals surface area contributed by atoms with Gasteiger partial charge in [0.1, 0.15) is 0 Å². The van der Waals surface area contributed by atoms with Crippen molar-refractivity contribution in [2.45, 2.75) is 19.9 Å². The molecule has 1 atom stereocenters. The molecule has 2 aliphatic rings. The molecule has 0 saturated carbocycles. The summed E-state index contributed by atoms with van der Waals surface area (Å²) in [6.45, 7) is 11.2. The summed E-state index contributed by atoms with van der Waals surface area (Å²) in [6, 6.07) is 9.31. The van der Waals surface area contributed by atoms with Crippen molar-refractivity contribution in [1.29, 1.82) is 0 Å². The van der Waals surface area contributed by atoms with Gasteiger partial charge in [0, 0.05) is 5.41 Å². The summed E-state index contributed by atoms with van der Waals surface area (Å²) in [5, 5.41) is 1.29. The third-order valence-electron chi connectivity index (χ3n) is 6.22. The number of hydrogen-bond donors (Lipinski definition) is 2. The average Bonchev–Trinajstić information content (AvgIpc) is 2.77. The van der Waals surface area contributed by atoms with Gasteiger partial charge in [-0.15, -0.1) is 0 Å². The summed E-state index contributed by atoms with van der Waals surface area (Å²) < 4.78 is 26.8. The first-order chi connectivity index (χ1) is 13.9. The SMILES string of the molecule is CC[NH+]1CCN(C(=O)[C@H](C)[NH+]2CCN(S(=O)(=O)/C=C/c3ccccc3)CC2)CC1. The van der Waals surface area contributed by atoms with Crippen molar-refractivity contribution in [3.05, 3.63) is 41.3 Å². The van der Waals surface area contributed by atoms with E-state index >= 15 is 0 Å². The van der Waals surface area contributed by atoms with Crippen molar-refractivity contribution >= 4 is 22.0 Å². The minimum atomic E-state index is -3.44. The van der Waals surface area contributed by atoms with Gasteiger partial charge in [0.2, 0.25) is 10.0 Å². The van der Waals surface area contributed by atoms with E-state index in [9.17, 15) is 13.2 Å². The van der Waals surface area contributed by atoms with Crippen LogP contribution in [0, 0.1) is 0 Å². The number of hydrogen-bond acceptors (Lipinski definition) is 3. The predicted molar refractivity (Wildman–Crippen MR) is 114 cm³/mol. The molecule has 0 aromatic heterocycles. The van der Waals surface area contributed by atoms with Crippen LogP contribution in [0.3, 0.4) is 0 Å². The minimum absolute atomic E-state index is 0.122. The maximum Gasteiger partial charge on any atom is 0.280 e. The maximum atomic E-state index is 12.9. The molecule has 0 bridgehead atoms. The highest BCUT2D eigenvalue weighted by atomic mass is 32.2. The first-order valence-corrected chi connectivity index (χ1v) is 12.1. The van der Waals surface area contributed by atoms with Crippen molar-refractivity contribution in [2.24, 2.45) is 0 Å². The Kier molecular flexibility index (Phi) is 7.45. The molecule has 2 aliphatic heterocycles. The summed E-state index contributed by atoms with van der Waals surface area (Å²) in [5.41, 5.74) is 0.865. The number of nitrogens with one attached hydrogen (secondary N) is 2. The summed E-state index contributed by atoms with van der Waals surface area (Å²) in [7, 11) is -3.44. The fourth-order valence-electron chi connectivity index (χ4n) is 4.12. The number of likely N-dealkylation sites (N-methyl/N-ethyl adjacent to an activating group) is 1. The number of carbonyl (C=O) groups is 1. The van der Waals surface area contributed by atoms with Crippen LogP contribution in [0.2, 0.25) is 0 Å². The van der Waals surface area contributed by atoms with Gasteiger partial charge < -0.3 is 14.7 Å². The molecule has 0 spiro atoms. The van der Waals surface area contributed by atoms with E-state index in [1.807, 2.05) is 42.2 Å². The molecule has 2 fully saturated rings. The van der Waals surface area contributed by atoms with Gasteiger partial charge in [-0.3, -0.25) is 4.79 Å². The molecule has 2 saturated heterocycles. The van der Waals surface area contributed by atoms with Crippen LogP contribution in [0.4, 0.5) is 0 Å². The van der Waals surface area contributed by atoms with Crippen LogP contribution in [0.1, 0.15) is 19.4 Å². The van der Waals surface area contributed by atoms with Gasteiger partial charge in [-0.2, -0.15) is 4.31 Å². The Morgan fingerprint density at radius 3 is 2.28 bits per heavy atom. The van der Waals surface area contributed by atoms with Gasteiger partial charge in [0.15, 0.2) is 6.04 Å². The summed E-state index contributed by atoms with van der Waals surface area (Å²) in [6.07, 6.45) is 1.64. The van der Waals surface area contributed by atoms with E-state index in [1.54, 1.807) is 11.0 Å². The third kappa shape index (κ3) is 5.66.